The Morgan fingerprint density at radius 3 is 2.62 bits per heavy atom. The quantitative estimate of drug-likeness (QED) is 0.564. The molecule has 1 amide bonds. The molecule has 3 atom stereocenters. The lowest BCUT2D eigenvalue weighted by Gasteiger charge is -2.47. The van der Waals surface area contributed by atoms with Gasteiger partial charge in [0.2, 0.25) is 5.91 Å². The zero-order valence-electron chi connectivity index (χ0n) is 19.8. The summed E-state index contributed by atoms with van der Waals surface area (Å²) >= 11 is 1.72. The summed E-state index contributed by atoms with van der Waals surface area (Å²) in [6.07, 6.45) is 2.42. The predicted molar refractivity (Wildman–Crippen MR) is 133 cm³/mol. The van der Waals surface area contributed by atoms with E-state index in [1.807, 2.05) is 37.0 Å². The number of carbonyl (C=O) groups excluding carboxylic acids is 1. The Morgan fingerprint density at radius 1 is 1.22 bits per heavy atom. The number of phenols is 1. The zero-order chi connectivity index (χ0) is 23.3. The van der Waals surface area contributed by atoms with Crippen molar-refractivity contribution in [2.75, 3.05) is 32.7 Å². The highest BCUT2D eigenvalue weighted by molar-refractivity contribution is 7.12. The number of phenolic OH excluding ortho intramolecular Hbond substituents is 1. The van der Waals surface area contributed by atoms with E-state index in [2.05, 4.69) is 48.4 Å². The Bertz CT molecular complexity index is 908. The van der Waals surface area contributed by atoms with Gasteiger partial charge in [0.05, 0.1) is 12.5 Å². The number of thiophene rings is 1. The molecule has 174 valence electrons. The number of nitrogens with zero attached hydrogens (tertiary/aromatic N) is 3. The normalized spacial score (nSPS) is 20.8. The first kappa shape index (κ1) is 24.5. The second kappa shape index (κ2) is 11.1. The number of likely N-dealkylation sites (N-methyl/N-ethyl adjacent to an activating group) is 1. The number of rotatable bonds is 9. The monoisotopic (exact) mass is 455 g/mol. The molecule has 32 heavy (non-hydrogen) atoms. The Hall–Kier alpha value is -2.15. The molecule has 1 N–H and O–H groups in total. The summed E-state index contributed by atoms with van der Waals surface area (Å²) in [6, 6.07) is 12.7. The third kappa shape index (κ3) is 5.61. The maximum absolute atomic E-state index is 12.6. The molecule has 6 heteroatoms. The molecule has 1 aliphatic heterocycles. The van der Waals surface area contributed by atoms with Gasteiger partial charge in [-0.1, -0.05) is 18.2 Å². The van der Waals surface area contributed by atoms with E-state index in [1.165, 1.54) is 4.88 Å². The molecule has 1 saturated heterocycles. The first-order chi connectivity index (χ1) is 15.4. The Morgan fingerprint density at radius 2 is 1.97 bits per heavy atom. The SMILES string of the molecule is C=CCN1C[C@H](C)N([C@H](c2cccc(O)c2)c2ccc(CC(=O)N(CC)CC)s2)C[C@H]1C. The van der Waals surface area contributed by atoms with Crippen LogP contribution in [-0.2, 0) is 11.2 Å². The third-order valence-electron chi connectivity index (χ3n) is 6.44. The van der Waals surface area contributed by atoms with Gasteiger partial charge >= 0.3 is 0 Å². The molecule has 0 spiro atoms. The minimum Gasteiger partial charge on any atom is -0.508 e. The molecule has 0 aliphatic carbocycles. The maximum Gasteiger partial charge on any atom is 0.227 e. The van der Waals surface area contributed by atoms with Gasteiger partial charge in [0, 0.05) is 54.6 Å². The van der Waals surface area contributed by atoms with Crippen molar-refractivity contribution in [3.8, 4) is 5.75 Å². The number of carbonyl (C=O) groups is 1. The van der Waals surface area contributed by atoms with E-state index in [-0.39, 0.29) is 17.7 Å². The van der Waals surface area contributed by atoms with Crippen molar-refractivity contribution < 1.29 is 9.90 Å². The van der Waals surface area contributed by atoms with Gasteiger partial charge in [0.25, 0.3) is 0 Å². The average Bonchev–Trinajstić information content (AvgIpc) is 3.20. The van der Waals surface area contributed by atoms with E-state index >= 15 is 0 Å². The second-order valence-electron chi connectivity index (χ2n) is 8.68. The van der Waals surface area contributed by atoms with Crippen LogP contribution in [0.4, 0.5) is 0 Å². The number of benzene rings is 1. The smallest absolute Gasteiger partial charge is 0.227 e. The molecular formula is C26H37N3O2S. The van der Waals surface area contributed by atoms with Gasteiger partial charge in [-0.05, 0) is 57.5 Å². The Balaban J connectivity index is 1.91. The van der Waals surface area contributed by atoms with Crippen LogP contribution in [-0.4, -0.2) is 70.5 Å². The molecule has 3 rings (SSSR count). The first-order valence-electron chi connectivity index (χ1n) is 11.6. The largest absolute Gasteiger partial charge is 0.508 e. The number of hydrogen-bond donors (Lipinski definition) is 1. The van der Waals surface area contributed by atoms with Gasteiger partial charge in [0.15, 0.2) is 0 Å². The van der Waals surface area contributed by atoms with Crippen LogP contribution in [0.15, 0.2) is 49.1 Å². The summed E-state index contributed by atoms with van der Waals surface area (Å²) < 4.78 is 0. The van der Waals surface area contributed by atoms with Crippen molar-refractivity contribution in [1.82, 2.24) is 14.7 Å². The fraction of sp³-hybridized carbons (Fsp3) is 0.500. The molecule has 2 aromatic rings. The van der Waals surface area contributed by atoms with E-state index in [4.69, 9.17) is 0 Å². The number of hydrogen-bond acceptors (Lipinski definition) is 5. The molecule has 0 unspecified atom stereocenters. The van der Waals surface area contributed by atoms with Crippen LogP contribution in [0.5, 0.6) is 5.75 Å². The topological polar surface area (TPSA) is 47.0 Å². The summed E-state index contributed by atoms with van der Waals surface area (Å²) in [7, 11) is 0. The fourth-order valence-corrected chi connectivity index (χ4v) is 5.85. The molecule has 2 heterocycles. The van der Waals surface area contributed by atoms with Crippen LogP contribution in [0, 0.1) is 0 Å². The number of piperazine rings is 1. The van der Waals surface area contributed by atoms with Crippen molar-refractivity contribution in [2.24, 2.45) is 0 Å². The van der Waals surface area contributed by atoms with Gasteiger partial charge in [-0.2, -0.15) is 0 Å². The van der Waals surface area contributed by atoms with Gasteiger partial charge in [-0.15, -0.1) is 17.9 Å². The molecule has 5 nitrogen and oxygen atoms in total. The highest BCUT2D eigenvalue weighted by Crippen LogP contribution is 2.38. The standard InChI is InChI=1S/C26H37N3O2S/c1-6-14-28-17-20(5)29(18-19(28)4)26(21-10-9-11-22(30)15-21)24-13-12-23(32-24)16-25(31)27(7-2)8-3/h6,9-13,15,19-20,26,30H,1,7-8,14,16-18H2,2-5H3/t19-,20+,26-/m1/s1. The van der Waals surface area contributed by atoms with E-state index < -0.39 is 0 Å². The maximum atomic E-state index is 12.6. The van der Waals surface area contributed by atoms with E-state index in [9.17, 15) is 9.90 Å². The first-order valence-corrected chi connectivity index (χ1v) is 12.5. The average molecular weight is 456 g/mol. The summed E-state index contributed by atoms with van der Waals surface area (Å²) in [6.45, 7) is 16.8. The Labute approximate surface area is 197 Å². The second-order valence-corrected chi connectivity index (χ2v) is 9.88. The molecule has 0 saturated carbocycles. The van der Waals surface area contributed by atoms with E-state index in [0.29, 0.717) is 18.5 Å². The van der Waals surface area contributed by atoms with Crippen LogP contribution < -0.4 is 0 Å². The summed E-state index contributed by atoms with van der Waals surface area (Å²) in [5.41, 5.74) is 1.09. The molecule has 0 radical (unpaired) electrons. The molecule has 1 aromatic carbocycles. The van der Waals surface area contributed by atoms with Crippen molar-refractivity contribution in [3.05, 3.63) is 64.4 Å². The molecule has 1 fully saturated rings. The lowest BCUT2D eigenvalue weighted by molar-refractivity contribution is -0.130. The summed E-state index contributed by atoms with van der Waals surface area (Å²) in [5.74, 6) is 0.462. The van der Waals surface area contributed by atoms with E-state index in [0.717, 1.165) is 43.2 Å². The van der Waals surface area contributed by atoms with Crippen molar-refractivity contribution in [2.45, 2.75) is 52.2 Å². The highest BCUT2D eigenvalue weighted by Gasteiger charge is 2.35. The minimum absolute atomic E-state index is 0.0488. The third-order valence-corrected chi connectivity index (χ3v) is 7.58. The van der Waals surface area contributed by atoms with Gasteiger partial charge in [-0.25, -0.2) is 0 Å². The molecule has 1 aliphatic rings. The van der Waals surface area contributed by atoms with E-state index in [1.54, 1.807) is 17.4 Å². The van der Waals surface area contributed by atoms with Crippen LogP contribution in [0.2, 0.25) is 0 Å². The summed E-state index contributed by atoms with van der Waals surface area (Å²) in [5, 5.41) is 10.2. The van der Waals surface area contributed by atoms with Crippen molar-refractivity contribution >= 4 is 17.2 Å². The van der Waals surface area contributed by atoms with Crippen molar-refractivity contribution in [3.63, 3.8) is 0 Å². The lowest BCUT2D eigenvalue weighted by Crippen LogP contribution is -2.57. The van der Waals surface area contributed by atoms with Gasteiger partial charge < -0.3 is 10.0 Å². The summed E-state index contributed by atoms with van der Waals surface area (Å²) in [4.78, 5) is 21.8. The van der Waals surface area contributed by atoms with Crippen LogP contribution in [0.25, 0.3) is 0 Å². The van der Waals surface area contributed by atoms with Crippen LogP contribution >= 0.6 is 11.3 Å². The van der Waals surface area contributed by atoms with Gasteiger partial charge in [-0.3, -0.25) is 14.6 Å². The number of amides is 1. The number of aromatic hydroxyl groups is 1. The van der Waals surface area contributed by atoms with Crippen molar-refractivity contribution in [1.29, 1.82) is 0 Å². The highest BCUT2D eigenvalue weighted by atomic mass is 32.1. The molecular weight excluding hydrogens is 418 g/mol. The Kier molecular flexibility index (Phi) is 8.51. The minimum atomic E-state index is 0.0488. The van der Waals surface area contributed by atoms with Crippen LogP contribution in [0.3, 0.4) is 0 Å². The zero-order valence-corrected chi connectivity index (χ0v) is 20.6. The molecule has 1 aromatic heterocycles. The fourth-order valence-electron chi connectivity index (χ4n) is 4.69. The van der Waals surface area contributed by atoms with Gasteiger partial charge in [0.1, 0.15) is 5.75 Å². The van der Waals surface area contributed by atoms with Crippen LogP contribution in [0.1, 0.15) is 49.1 Å². The molecule has 0 bridgehead atoms. The lowest BCUT2D eigenvalue weighted by atomic mass is 9.98. The predicted octanol–water partition coefficient (Wildman–Crippen LogP) is 4.53.